The molecule has 0 fully saturated rings. The number of nitrogens with two attached hydrogens (primary N) is 1. The largest absolute Gasteiger partial charge is 0.378 e. The molecule has 10 heteroatoms. The van der Waals surface area contributed by atoms with Gasteiger partial charge in [0.15, 0.2) is 5.13 Å². The summed E-state index contributed by atoms with van der Waals surface area (Å²) >= 11 is 1.43. The second-order valence-corrected chi connectivity index (χ2v) is 7.71. The minimum atomic E-state index is -0.209. The number of carbonyl (C=O) groups is 2. The number of benzene rings is 1. The second-order valence-electron chi connectivity index (χ2n) is 6.48. The normalized spacial score (nSPS) is 10.6. The van der Waals surface area contributed by atoms with E-state index in [1.54, 1.807) is 18.3 Å². The van der Waals surface area contributed by atoms with Crippen LogP contribution in [0.3, 0.4) is 0 Å². The number of hydrogen-bond donors (Lipinski definition) is 4. The molecule has 2 aromatic rings. The molecule has 9 nitrogen and oxygen atoms in total. The van der Waals surface area contributed by atoms with Crippen molar-refractivity contribution >= 4 is 34.0 Å². The Morgan fingerprint density at radius 3 is 2.57 bits per heavy atom. The minimum absolute atomic E-state index is 0.128. The summed E-state index contributed by atoms with van der Waals surface area (Å²) in [6.07, 6.45) is 1.72. The van der Waals surface area contributed by atoms with Gasteiger partial charge in [-0.2, -0.15) is 0 Å². The van der Waals surface area contributed by atoms with E-state index in [1.165, 1.54) is 11.3 Å². The van der Waals surface area contributed by atoms with Crippen LogP contribution >= 0.6 is 11.3 Å². The molecule has 0 aliphatic carbocycles. The SMILES string of the molecule is Cc1cnc(NC(=O)c2ccc(NCC(=O)NCCOCCOCCN)cc2C)s1. The highest BCUT2D eigenvalue weighted by Gasteiger charge is 2.12. The third-order valence-corrected chi connectivity index (χ3v) is 4.80. The molecular formula is C20H29N5O4S. The van der Waals surface area contributed by atoms with Crippen molar-refractivity contribution in [1.29, 1.82) is 0 Å². The van der Waals surface area contributed by atoms with E-state index >= 15 is 0 Å². The van der Waals surface area contributed by atoms with Crippen LogP contribution in [0.25, 0.3) is 0 Å². The molecule has 0 spiro atoms. The number of aryl methyl sites for hydroxylation is 2. The Morgan fingerprint density at radius 1 is 1.13 bits per heavy atom. The number of amides is 2. The number of anilines is 2. The lowest BCUT2D eigenvalue weighted by molar-refractivity contribution is -0.119. The van der Waals surface area contributed by atoms with Crippen molar-refractivity contribution in [2.45, 2.75) is 13.8 Å². The molecule has 2 rings (SSSR count). The number of aromatic nitrogens is 1. The Labute approximate surface area is 180 Å². The molecule has 0 unspecified atom stereocenters. The van der Waals surface area contributed by atoms with Crippen molar-refractivity contribution in [3.63, 3.8) is 0 Å². The highest BCUT2D eigenvalue weighted by molar-refractivity contribution is 7.15. The van der Waals surface area contributed by atoms with Crippen LogP contribution in [-0.4, -0.2) is 62.9 Å². The Morgan fingerprint density at radius 2 is 1.90 bits per heavy atom. The van der Waals surface area contributed by atoms with Gasteiger partial charge in [0.2, 0.25) is 5.91 Å². The van der Waals surface area contributed by atoms with Gasteiger partial charge in [-0.25, -0.2) is 4.98 Å². The highest BCUT2D eigenvalue weighted by Crippen LogP contribution is 2.20. The van der Waals surface area contributed by atoms with Crippen LogP contribution < -0.4 is 21.7 Å². The number of nitrogens with one attached hydrogen (secondary N) is 3. The summed E-state index contributed by atoms with van der Waals surface area (Å²) in [6, 6.07) is 5.33. The van der Waals surface area contributed by atoms with Gasteiger partial charge in [0.25, 0.3) is 5.91 Å². The maximum atomic E-state index is 12.4. The first-order valence-electron chi connectivity index (χ1n) is 9.70. The van der Waals surface area contributed by atoms with Crippen LogP contribution in [0.1, 0.15) is 20.8 Å². The smallest absolute Gasteiger partial charge is 0.257 e. The zero-order valence-corrected chi connectivity index (χ0v) is 18.1. The van der Waals surface area contributed by atoms with Gasteiger partial charge in [-0.3, -0.25) is 14.9 Å². The molecule has 0 atom stereocenters. The van der Waals surface area contributed by atoms with E-state index in [9.17, 15) is 9.59 Å². The standard InChI is InChI=1S/C20H29N5O4S/c1-14-11-16(3-4-17(14)19(27)25-20-24-12-15(2)30-20)23-13-18(26)22-6-8-29-10-9-28-7-5-21/h3-4,11-12,23H,5-10,13,21H2,1-2H3,(H,22,26)(H,24,25,27). The predicted octanol–water partition coefficient (Wildman–Crippen LogP) is 1.53. The second kappa shape index (κ2) is 12.9. The molecule has 1 aromatic carbocycles. The average molecular weight is 436 g/mol. The topological polar surface area (TPSA) is 128 Å². The van der Waals surface area contributed by atoms with Crippen molar-refractivity contribution in [2.24, 2.45) is 5.73 Å². The minimum Gasteiger partial charge on any atom is -0.378 e. The quantitative estimate of drug-likeness (QED) is 0.351. The van der Waals surface area contributed by atoms with E-state index in [4.69, 9.17) is 15.2 Å². The maximum absolute atomic E-state index is 12.4. The molecule has 1 heterocycles. The lowest BCUT2D eigenvalue weighted by atomic mass is 10.1. The van der Waals surface area contributed by atoms with E-state index in [0.717, 1.165) is 16.1 Å². The molecule has 0 saturated carbocycles. The Kier molecular flexibility index (Phi) is 10.2. The zero-order valence-electron chi connectivity index (χ0n) is 17.3. The average Bonchev–Trinajstić information content (AvgIpc) is 3.13. The molecule has 0 saturated heterocycles. The molecule has 0 aliphatic heterocycles. The number of rotatable bonds is 13. The van der Waals surface area contributed by atoms with Crippen LogP contribution in [0, 0.1) is 13.8 Å². The van der Waals surface area contributed by atoms with E-state index in [-0.39, 0.29) is 18.4 Å². The number of nitrogens with zero attached hydrogens (tertiary/aromatic N) is 1. The van der Waals surface area contributed by atoms with Crippen molar-refractivity contribution in [3.8, 4) is 0 Å². The van der Waals surface area contributed by atoms with Crippen LogP contribution in [-0.2, 0) is 14.3 Å². The molecule has 0 aliphatic rings. The molecule has 164 valence electrons. The van der Waals surface area contributed by atoms with Gasteiger partial charge in [0.05, 0.1) is 33.0 Å². The van der Waals surface area contributed by atoms with Gasteiger partial charge in [0.1, 0.15) is 0 Å². The summed E-state index contributed by atoms with van der Waals surface area (Å²) in [7, 11) is 0. The summed E-state index contributed by atoms with van der Waals surface area (Å²) in [5, 5.41) is 9.19. The first-order chi connectivity index (χ1) is 14.5. The van der Waals surface area contributed by atoms with E-state index in [0.29, 0.717) is 50.2 Å². The van der Waals surface area contributed by atoms with Gasteiger partial charge in [0, 0.05) is 35.4 Å². The number of ether oxygens (including phenoxy) is 2. The fraction of sp³-hybridized carbons (Fsp3) is 0.450. The van der Waals surface area contributed by atoms with Crippen molar-refractivity contribution in [2.75, 3.05) is 56.7 Å². The van der Waals surface area contributed by atoms with E-state index < -0.39 is 0 Å². The first-order valence-corrected chi connectivity index (χ1v) is 10.5. The van der Waals surface area contributed by atoms with E-state index in [2.05, 4.69) is 20.9 Å². The van der Waals surface area contributed by atoms with Crippen molar-refractivity contribution in [3.05, 3.63) is 40.4 Å². The molecule has 2 amide bonds. The Bertz CT molecular complexity index is 827. The van der Waals surface area contributed by atoms with Crippen LogP contribution in [0.2, 0.25) is 0 Å². The summed E-state index contributed by atoms with van der Waals surface area (Å²) in [5.74, 6) is -0.351. The maximum Gasteiger partial charge on any atom is 0.257 e. The Hall–Kier alpha value is -2.53. The van der Waals surface area contributed by atoms with Crippen LogP contribution in [0.15, 0.2) is 24.4 Å². The van der Waals surface area contributed by atoms with Gasteiger partial charge in [-0.1, -0.05) is 0 Å². The third-order valence-electron chi connectivity index (χ3n) is 3.97. The fourth-order valence-corrected chi connectivity index (χ4v) is 3.18. The Balaban J connectivity index is 1.68. The molecule has 30 heavy (non-hydrogen) atoms. The van der Waals surface area contributed by atoms with Gasteiger partial charge < -0.3 is 25.8 Å². The third kappa shape index (κ3) is 8.46. The molecular weight excluding hydrogens is 406 g/mol. The summed E-state index contributed by atoms with van der Waals surface area (Å²) in [4.78, 5) is 29.5. The van der Waals surface area contributed by atoms with Gasteiger partial charge in [-0.05, 0) is 37.6 Å². The summed E-state index contributed by atoms with van der Waals surface area (Å²) in [5.41, 5.74) is 7.44. The number of thiazole rings is 1. The van der Waals surface area contributed by atoms with Crippen LogP contribution in [0.5, 0.6) is 0 Å². The zero-order chi connectivity index (χ0) is 21.8. The van der Waals surface area contributed by atoms with Crippen LogP contribution in [0.4, 0.5) is 10.8 Å². The first kappa shape index (κ1) is 23.7. The summed E-state index contributed by atoms with van der Waals surface area (Å²) < 4.78 is 10.5. The fourth-order valence-electron chi connectivity index (χ4n) is 2.52. The van der Waals surface area contributed by atoms with Crippen molar-refractivity contribution in [1.82, 2.24) is 10.3 Å². The van der Waals surface area contributed by atoms with E-state index in [1.807, 2.05) is 19.9 Å². The highest BCUT2D eigenvalue weighted by atomic mass is 32.1. The molecule has 0 radical (unpaired) electrons. The number of carbonyl (C=O) groups excluding carboxylic acids is 2. The monoisotopic (exact) mass is 435 g/mol. The van der Waals surface area contributed by atoms with Crippen molar-refractivity contribution < 1.29 is 19.1 Å². The molecule has 1 aromatic heterocycles. The lowest BCUT2D eigenvalue weighted by Crippen LogP contribution is -2.32. The van der Waals surface area contributed by atoms with Gasteiger partial charge >= 0.3 is 0 Å². The molecule has 0 bridgehead atoms. The predicted molar refractivity (Wildman–Crippen MR) is 118 cm³/mol. The molecule has 5 N–H and O–H groups in total. The summed E-state index contributed by atoms with van der Waals surface area (Å²) in [6.45, 7) is 6.71. The lowest BCUT2D eigenvalue weighted by Gasteiger charge is -2.11. The van der Waals surface area contributed by atoms with Gasteiger partial charge in [-0.15, -0.1) is 11.3 Å². The number of hydrogen-bond acceptors (Lipinski definition) is 8.